The van der Waals surface area contributed by atoms with Crippen molar-refractivity contribution in [1.29, 1.82) is 0 Å². The van der Waals surface area contributed by atoms with Crippen LogP contribution in [0.4, 0.5) is 0 Å². The fraction of sp³-hybridized carbons (Fsp3) is 0.773. The first-order chi connectivity index (χ1) is 11.4. The number of hydrogen-bond acceptors (Lipinski definition) is 2. The molecule has 4 aliphatic rings. The van der Waals surface area contributed by atoms with Gasteiger partial charge in [-0.1, -0.05) is 31.6 Å². The summed E-state index contributed by atoms with van der Waals surface area (Å²) in [5, 5.41) is 0. The summed E-state index contributed by atoms with van der Waals surface area (Å²) < 4.78 is 0. The Labute approximate surface area is 147 Å². The zero-order valence-electron chi connectivity index (χ0n) is 15.4. The van der Waals surface area contributed by atoms with E-state index in [0.717, 1.165) is 50.0 Å². The van der Waals surface area contributed by atoms with Crippen LogP contribution in [0.2, 0.25) is 0 Å². The van der Waals surface area contributed by atoms with Crippen LogP contribution in [0.25, 0.3) is 0 Å². The average molecular weight is 328 g/mol. The standard InChI is InChI=1S/C22H33NO/c1-14-4-5-18-20-15(8-11-23)12-16-13-17(24)6-9-22(16,3)19(20)7-10-21(14,18)2/h13,15,18-20H,1,4-12,23H2,2-3H3/t15?,18?,19?,20?,21-,22+/m1/s1. The van der Waals surface area contributed by atoms with Crippen LogP contribution in [0.5, 0.6) is 0 Å². The lowest BCUT2D eigenvalue weighted by molar-refractivity contribution is -0.118. The van der Waals surface area contributed by atoms with Crippen molar-refractivity contribution in [2.45, 2.75) is 65.2 Å². The lowest BCUT2D eigenvalue weighted by Crippen LogP contribution is -2.53. The van der Waals surface area contributed by atoms with Crippen molar-refractivity contribution in [3.8, 4) is 0 Å². The van der Waals surface area contributed by atoms with Gasteiger partial charge in [0.15, 0.2) is 5.78 Å². The van der Waals surface area contributed by atoms with Gasteiger partial charge in [0.2, 0.25) is 0 Å². The highest BCUT2D eigenvalue weighted by Crippen LogP contribution is 2.67. The number of hydrogen-bond donors (Lipinski definition) is 1. The Morgan fingerprint density at radius 3 is 2.67 bits per heavy atom. The molecule has 0 aromatic rings. The molecule has 2 nitrogen and oxygen atoms in total. The molecule has 4 aliphatic carbocycles. The summed E-state index contributed by atoms with van der Waals surface area (Å²) in [6.07, 6.45) is 11.2. The van der Waals surface area contributed by atoms with E-state index >= 15 is 0 Å². The Morgan fingerprint density at radius 1 is 1.17 bits per heavy atom. The summed E-state index contributed by atoms with van der Waals surface area (Å²) in [7, 11) is 0. The molecule has 4 unspecified atom stereocenters. The Balaban J connectivity index is 1.76. The Kier molecular flexibility index (Phi) is 3.84. The normalized spacial score (nSPS) is 47.7. The summed E-state index contributed by atoms with van der Waals surface area (Å²) in [5.74, 6) is 3.33. The third kappa shape index (κ3) is 2.14. The van der Waals surface area contributed by atoms with Crippen LogP contribution in [0.3, 0.4) is 0 Å². The number of fused-ring (bicyclic) bond motifs is 5. The predicted molar refractivity (Wildman–Crippen MR) is 98.4 cm³/mol. The number of rotatable bonds is 2. The molecule has 4 rings (SSSR count). The number of carbonyl (C=O) groups is 1. The summed E-state index contributed by atoms with van der Waals surface area (Å²) in [4.78, 5) is 12.0. The quantitative estimate of drug-likeness (QED) is 0.750. The molecule has 0 aromatic carbocycles. The van der Waals surface area contributed by atoms with E-state index in [1.54, 1.807) is 0 Å². The van der Waals surface area contributed by atoms with Gasteiger partial charge in [0, 0.05) is 6.42 Å². The van der Waals surface area contributed by atoms with Gasteiger partial charge in [0.1, 0.15) is 0 Å². The van der Waals surface area contributed by atoms with E-state index in [0.29, 0.717) is 17.1 Å². The van der Waals surface area contributed by atoms with Crippen LogP contribution in [-0.4, -0.2) is 12.3 Å². The van der Waals surface area contributed by atoms with Crippen LogP contribution >= 0.6 is 0 Å². The van der Waals surface area contributed by atoms with E-state index in [1.807, 2.05) is 6.08 Å². The fourth-order valence-corrected chi connectivity index (χ4v) is 7.12. The molecule has 3 fully saturated rings. The van der Waals surface area contributed by atoms with Gasteiger partial charge in [-0.15, -0.1) is 0 Å². The molecule has 0 saturated heterocycles. The maximum atomic E-state index is 12.0. The largest absolute Gasteiger partial charge is 0.330 e. The highest BCUT2D eigenvalue weighted by atomic mass is 16.1. The maximum absolute atomic E-state index is 12.0. The second-order valence-corrected chi connectivity index (χ2v) is 9.48. The van der Waals surface area contributed by atoms with Gasteiger partial charge in [-0.3, -0.25) is 4.79 Å². The summed E-state index contributed by atoms with van der Waals surface area (Å²) in [5.41, 5.74) is 9.58. The molecular formula is C22H33NO. The number of nitrogens with two attached hydrogens (primary N) is 1. The molecule has 2 N–H and O–H groups in total. The van der Waals surface area contributed by atoms with Gasteiger partial charge >= 0.3 is 0 Å². The summed E-state index contributed by atoms with van der Waals surface area (Å²) in [6.45, 7) is 10.2. The SMILES string of the molecule is C=C1CCC2C3C(CCN)CC4=CC(=O)CC[C@]4(C)C3CC[C@]12C. The fourth-order valence-electron chi connectivity index (χ4n) is 7.12. The first-order valence-electron chi connectivity index (χ1n) is 10.0. The van der Waals surface area contributed by atoms with Crippen LogP contribution in [-0.2, 0) is 4.79 Å². The second-order valence-electron chi connectivity index (χ2n) is 9.48. The van der Waals surface area contributed by atoms with Crippen LogP contribution < -0.4 is 5.73 Å². The maximum Gasteiger partial charge on any atom is 0.155 e. The molecular weight excluding hydrogens is 294 g/mol. The minimum Gasteiger partial charge on any atom is -0.330 e. The lowest BCUT2D eigenvalue weighted by atomic mass is 9.44. The monoisotopic (exact) mass is 327 g/mol. The smallest absolute Gasteiger partial charge is 0.155 e. The number of allylic oxidation sites excluding steroid dienone is 2. The van der Waals surface area contributed by atoms with Gasteiger partial charge in [0.25, 0.3) is 0 Å². The third-order valence-electron chi connectivity index (χ3n) is 8.63. The molecule has 0 radical (unpaired) electrons. The van der Waals surface area contributed by atoms with E-state index in [2.05, 4.69) is 20.4 Å². The summed E-state index contributed by atoms with van der Waals surface area (Å²) in [6, 6.07) is 0. The van der Waals surface area contributed by atoms with E-state index in [4.69, 9.17) is 5.73 Å². The third-order valence-corrected chi connectivity index (χ3v) is 8.63. The average Bonchev–Trinajstić information content (AvgIpc) is 2.85. The van der Waals surface area contributed by atoms with Crippen molar-refractivity contribution in [2.75, 3.05) is 6.54 Å². The lowest BCUT2D eigenvalue weighted by Gasteiger charge is -2.60. The Bertz CT molecular complexity index is 605. The molecule has 132 valence electrons. The van der Waals surface area contributed by atoms with Gasteiger partial charge in [-0.2, -0.15) is 0 Å². The summed E-state index contributed by atoms with van der Waals surface area (Å²) >= 11 is 0. The second kappa shape index (κ2) is 5.56. The van der Waals surface area contributed by atoms with Crippen molar-refractivity contribution >= 4 is 5.78 Å². The molecule has 6 atom stereocenters. The van der Waals surface area contributed by atoms with Gasteiger partial charge in [0.05, 0.1) is 0 Å². The van der Waals surface area contributed by atoms with Gasteiger partial charge in [-0.25, -0.2) is 0 Å². The molecule has 0 aromatic heterocycles. The van der Waals surface area contributed by atoms with E-state index in [9.17, 15) is 4.79 Å². The molecule has 2 heteroatoms. The Hall–Kier alpha value is -0.890. The highest BCUT2D eigenvalue weighted by Gasteiger charge is 2.59. The Morgan fingerprint density at radius 2 is 1.92 bits per heavy atom. The van der Waals surface area contributed by atoms with Crippen LogP contribution in [0, 0.1) is 34.5 Å². The van der Waals surface area contributed by atoms with Crippen molar-refractivity contribution in [1.82, 2.24) is 0 Å². The van der Waals surface area contributed by atoms with E-state index < -0.39 is 0 Å². The van der Waals surface area contributed by atoms with E-state index in [-0.39, 0.29) is 5.41 Å². The van der Waals surface area contributed by atoms with Crippen LogP contribution in [0.1, 0.15) is 65.2 Å². The van der Waals surface area contributed by atoms with E-state index in [1.165, 1.54) is 36.8 Å². The zero-order chi connectivity index (χ0) is 17.1. The molecule has 0 spiro atoms. The van der Waals surface area contributed by atoms with Gasteiger partial charge < -0.3 is 5.73 Å². The minimum absolute atomic E-state index is 0.259. The molecule has 24 heavy (non-hydrogen) atoms. The van der Waals surface area contributed by atoms with Gasteiger partial charge in [-0.05, 0) is 92.1 Å². The first-order valence-corrected chi connectivity index (χ1v) is 10.0. The molecule has 0 heterocycles. The zero-order valence-corrected chi connectivity index (χ0v) is 15.4. The molecule has 0 aliphatic heterocycles. The molecule has 0 bridgehead atoms. The molecule has 3 saturated carbocycles. The number of carbonyl (C=O) groups excluding carboxylic acids is 1. The highest BCUT2D eigenvalue weighted by molar-refractivity contribution is 5.91. The molecule has 0 amide bonds. The number of ketones is 1. The van der Waals surface area contributed by atoms with Crippen LogP contribution in [0.15, 0.2) is 23.8 Å². The van der Waals surface area contributed by atoms with Crippen molar-refractivity contribution in [2.24, 2.45) is 40.2 Å². The van der Waals surface area contributed by atoms with Crippen molar-refractivity contribution in [3.63, 3.8) is 0 Å². The topological polar surface area (TPSA) is 43.1 Å². The predicted octanol–water partition coefficient (Wildman–Crippen LogP) is 4.65. The van der Waals surface area contributed by atoms with Crippen molar-refractivity contribution < 1.29 is 4.79 Å². The first kappa shape index (κ1) is 16.6. The minimum atomic E-state index is 0.259. The van der Waals surface area contributed by atoms with Crippen molar-refractivity contribution in [3.05, 3.63) is 23.8 Å².